The van der Waals surface area contributed by atoms with Gasteiger partial charge in [-0.05, 0) is 25.2 Å². The normalized spacial score (nSPS) is 17.1. The Bertz CT molecular complexity index is 273. The van der Waals surface area contributed by atoms with Crippen LogP contribution in [0, 0.1) is 17.3 Å². The molecule has 0 heterocycles. The summed E-state index contributed by atoms with van der Waals surface area (Å²) in [5, 5.41) is 20.6. The first kappa shape index (κ1) is 18.4. The van der Waals surface area contributed by atoms with Crippen LogP contribution in [-0.2, 0) is 9.53 Å². The smallest absolute Gasteiger partial charge is 0.305 e. The van der Waals surface area contributed by atoms with Crippen molar-refractivity contribution < 1.29 is 19.7 Å². The molecule has 0 saturated heterocycles. The minimum atomic E-state index is -0.653. The molecule has 0 aliphatic rings. The van der Waals surface area contributed by atoms with Crippen LogP contribution in [0.1, 0.15) is 54.4 Å². The number of carbonyl (C=O) groups excluding carboxylic acids is 1. The van der Waals surface area contributed by atoms with E-state index in [2.05, 4.69) is 0 Å². The zero-order valence-corrected chi connectivity index (χ0v) is 13.1. The van der Waals surface area contributed by atoms with Gasteiger partial charge in [0.2, 0.25) is 0 Å². The van der Waals surface area contributed by atoms with Gasteiger partial charge in [-0.15, -0.1) is 0 Å². The number of hydrogen-bond donors (Lipinski definition) is 2. The van der Waals surface area contributed by atoms with Crippen molar-refractivity contribution >= 4 is 5.97 Å². The number of aliphatic hydroxyl groups excluding tert-OH is 2. The average Bonchev–Trinajstić information content (AvgIpc) is 2.34. The van der Waals surface area contributed by atoms with E-state index >= 15 is 0 Å². The van der Waals surface area contributed by atoms with Crippen LogP contribution in [-0.4, -0.2) is 35.0 Å². The van der Waals surface area contributed by atoms with Crippen LogP contribution in [0.4, 0.5) is 0 Å². The highest BCUT2D eigenvalue weighted by Gasteiger charge is 2.39. The monoisotopic (exact) mass is 274 g/mol. The fraction of sp³-hybridized carbons (Fsp3) is 0.933. The lowest BCUT2D eigenvalue weighted by Gasteiger charge is -2.40. The first-order valence-corrected chi connectivity index (χ1v) is 7.16. The maximum Gasteiger partial charge on any atom is 0.305 e. The molecule has 0 aromatic heterocycles. The van der Waals surface area contributed by atoms with E-state index in [1.807, 2.05) is 34.6 Å². The van der Waals surface area contributed by atoms with Crippen LogP contribution < -0.4 is 0 Å². The number of aliphatic hydroxyl groups is 2. The largest absolute Gasteiger partial charge is 0.466 e. The molecule has 4 nitrogen and oxygen atoms in total. The number of carbonyl (C=O) groups is 1. The lowest BCUT2D eigenvalue weighted by molar-refractivity contribution is -0.144. The summed E-state index contributed by atoms with van der Waals surface area (Å²) in [6.07, 6.45) is -0.361. The quantitative estimate of drug-likeness (QED) is 0.667. The van der Waals surface area contributed by atoms with E-state index in [-0.39, 0.29) is 17.8 Å². The standard InChI is InChI=1S/C15H30O4/c1-7-19-12(16)9-8-11(4)14(18)15(5,6)13(17)10(2)3/h10-11,13-14,17-18H,7-9H2,1-6H3. The Hall–Kier alpha value is -0.610. The fourth-order valence-electron chi connectivity index (χ4n) is 2.50. The molecule has 0 radical (unpaired) electrons. The zero-order valence-electron chi connectivity index (χ0n) is 13.1. The topological polar surface area (TPSA) is 66.8 Å². The summed E-state index contributed by atoms with van der Waals surface area (Å²) in [6.45, 7) is 11.7. The van der Waals surface area contributed by atoms with Gasteiger partial charge >= 0.3 is 5.97 Å². The lowest BCUT2D eigenvalue weighted by atomic mass is 9.71. The maximum atomic E-state index is 11.3. The molecule has 0 rings (SSSR count). The summed E-state index contributed by atoms with van der Waals surface area (Å²) >= 11 is 0. The molecule has 0 saturated carbocycles. The SMILES string of the molecule is CCOC(=O)CCC(C)C(O)C(C)(C)C(O)C(C)C. The molecule has 3 atom stereocenters. The molecule has 2 N–H and O–H groups in total. The van der Waals surface area contributed by atoms with E-state index in [4.69, 9.17) is 4.74 Å². The second kappa shape index (κ2) is 7.85. The summed E-state index contributed by atoms with van der Waals surface area (Å²) in [6, 6.07) is 0. The summed E-state index contributed by atoms with van der Waals surface area (Å²) in [5.41, 5.74) is -0.595. The predicted molar refractivity (Wildman–Crippen MR) is 75.7 cm³/mol. The molecule has 0 aromatic rings. The number of hydrogen-bond acceptors (Lipinski definition) is 4. The highest BCUT2D eigenvalue weighted by molar-refractivity contribution is 5.69. The minimum absolute atomic E-state index is 0.0622. The third-order valence-electron chi connectivity index (χ3n) is 3.80. The highest BCUT2D eigenvalue weighted by Crippen LogP contribution is 2.34. The minimum Gasteiger partial charge on any atom is -0.466 e. The van der Waals surface area contributed by atoms with Crippen molar-refractivity contribution in [3.63, 3.8) is 0 Å². The first-order chi connectivity index (χ1) is 8.64. The third-order valence-corrected chi connectivity index (χ3v) is 3.80. The Labute approximate surface area is 117 Å². The highest BCUT2D eigenvalue weighted by atomic mass is 16.5. The molecule has 19 heavy (non-hydrogen) atoms. The van der Waals surface area contributed by atoms with E-state index in [0.717, 1.165) is 0 Å². The van der Waals surface area contributed by atoms with Gasteiger partial charge in [-0.1, -0.05) is 34.6 Å². The van der Waals surface area contributed by atoms with E-state index in [9.17, 15) is 15.0 Å². The molecule has 0 spiro atoms. The Morgan fingerprint density at radius 3 is 2.11 bits per heavy atom. The van der Waals surface area contributed by atoms with Gasteiger partial charge in [0.25, 0.3) is 0 Å². The Balaban J connectivity index is 4.46. The van der Waals surface area contributed by atoms with Gasteiger partial charge in [-0.3, -0.25) is 4.79 Å². The molecule has 0 aromatic carbocycles. The van der Waals surface area contributed by atoms with E-state index in [0.29, 0.717) is 19.4 Å². The molecule has 0 fully saturated rings. The maximum absolute atomic E-state index is 11.3. The Morgan fingerprint density at radius 2 is 1.68 bits per heavy atom. The van der Waals surface area contributed by atoms with Crippen LogP contribution in [0.3, 0.4) is 0 Å². The predicted octanol–water partition coefficient (Wildman–Crippen LogP) is 2.37. The van der Waals surface area contributed by atoms with E-state index in [1.54, 1.807) is 6.92 Å². The Morgan fingerprint density at radius 1 is 1.16 bits per heavy atom. The number of rotatable bonds is 8. The summed E-state index contributed by atoms with van der Waals surface area (Å²) in [4.78, 5) is 11.3. The van der Waals surface area contributed by atoms with Gasteiger partial charge in [0.05, 0.1) is 18.8 Å². The van der Waals surface area contributed by atoms with Crippen LogP contribution in [0.5, 0.6) is 0 Å². The first-order valence-electron chi connectivity index (χ1n) is 7.16. The molecule has 4 heteroatoms. The molecule has 0 aliphatic heterocycles. The van der Waals surface area contributed by atoms with Gasteiger partial charge < -0.3 is 14.9 Å². The van der Waals surface area contributed by atoms with E-state index < -0.39 is 17.6 Å². The van der Waals surface area contributed by atoms with Gasteiger partial charge in [0, 0.05) is 11.8 Å². The van der Waals surface area contributed by atoms with Gasteiger partial charge in [-0.25, -0.2) is 0 Å². The van der Waals surface area contributed by atoms with Gasteiger partial charge in [-0.2, -0.15) is 0 Å². The third kappa shape index (κ3) is 5.49. The average molecular weight is 274 g/mol. The Kier molecular flexibility index (Phi) is 7.60. The van der Waals surface area contributed by atoms with Crippen molar-refractivity contribution in [3.05, 3.63) is 0 Å². The zero-order chi connectivity index (χ0) is 15.2. The summed E-state index contributed by atoms with van der Waals surface area (Å²) in [5.74, 6) is -0.210. The number of ether oxygens (including phenoxy) is 1. The van der Waals surface area contributed by atoms with Crippen molar-refractivity contribution in [2.45, 2.75) is 66.6 Å². The van der Waals surface area contributed by atoms with Crippen molar-refractivity contribution in [1.29, 1.82) is 0 Å². The van der Waals surface area contributed by atoms with Gasteiger partial charge in [0.15, 0.2) is 0 Å². The van der Waals surface area contributed by atoms with Crippen LogP contribution in [0.25, 0.3) is 0 Å². The molecule has 0 aliphatic carbocycles. The second-order valence-corrected chi connectivity index (χ2v) is 6.28. The second-order valence-electron chi connectivity index (χ2n) is 6.28. The molecular formula is C15H30O4. The van der Waals surface area contributed by atoms with Crippen molar-refractivity contribution in [1.82, 2.24) is 0 Å². The van der Waals surface area contributed by atoms with Crippen molar-refractivity contribution in [2.75, 3.05) is 6.61 Å². The summed E-state index contributed by atoms with van der Waals surface area (Å²) in [7, 11) is 0. The molecular weight excluding hydrogens is 244 g/mol. The van der Waals surface area contributed by atoms with Crippen molar-refractivity contribution in [2.24, 2.45) is 17.3 Å². The molecule has 114 valence electrons. The lowest BCUT2D eigenvalue weighted by Crippen LogP contribution is -2.46. The molecule has 3 unspecified atom stereocenters. The molecule has 0 bridgehead atoms. The molecule has 0 amide bonds. The van der Waals surface area contributed by atoms with Crippen molar-refractivity contribution in [3.8, 4) is 0 Å². The van der Waals surface area contributed by atoms with Crippen LogP contribution in [0.2, 0.25) is 0 Å². The van der Waals surface area contributed by atoms with Crippen LogP contribution >= 0.6 is 0 Å². The fourth-order valence-corrected chi connectivity index (χ4v) is 2.50. The summed E-state index contributed by atoms with van der Waals surface area (Å²) < 4.78 is 4.87. The van der Waals surface area contributed by atoms with E-state index in [1.165, 1.54) is 0 Å². The number of esters is 1. The van der Waals surface area contributed by atoms with Gasteiger partial charge in [0.1, 0.15) is 0 Å². The van der Waals surface area contributed by atoms with Crippen LogP contribution in [0.15, 0.2) is 0 Å².